The summed E-state index contributed by atoms with van der Waals surface area (Å²) in [6, 6.07) is 0. The van der Waals surface area contributed by atoms with Crippen LogP contribution in [0, 0.1) is 10.8 Å². The third-order valence-corrected chi connectivity index (χ3v) is 4.23. The van der Waals surface area contributed by atoms with Gasteiger partial charge in [0.1, 0.15) is 4.84 Å². The van der Waals surface area contributed by atoms with Crippen LogP contribution >= 0.6 is 23.2 Å². The van der Waals surface area contributed by atoms with E-state index in [1.807, 2.05) is 0 Å². The largest absolute Gasteiger partial charge is 0.116 e. The van der Waals surface area contributed by atoms with Gasteiger partial charge in [0, 0.05) is 5.41 Å². The van der Waals surface area contributed by atoms with Crippen LogP contribution in [0.4, 0.5) is 0 Å². The van der Waals surface area contributed by atoms with E-state index in [9.17, 15) is 0 Å². The Kier molecular flexibility index (Phi) is 4.55. The lowest BCUT2D eigenvalue weighted by atomic mass is 9.66. The van der Waals surface area contributed by atoms with Crippen molar-refractivity contribution in [3.8, 4) is 0 Å². The monoisotopic (exact) mass is 248 g/mol. The molecule has 0 unspecified atom stereocenters. The highest BCUT2D eigenvalue weighted by Crippen LogP contribution is 2.49. The van der Waals surface area contributed by atoms with Crippen molar-refractivity contribution >= 4 is 23.2 Å². The predicted octanol–water partition coefficient (Wildman–Crippen LogP) is 5.34. The number of alkyl halides is 2. The molecule has 0 saturated heterocycles. The molecule has 2 heteroatoms. The first-order chi connectivity index (χ1) is 6.92. The zero-order chi connectivity index (χ0) is 11.5. The fraction of sp³-hybridized carbons (Fsp3) is 0.846. The van der Waals surface area contributed by atoms with E-state index in [2.05, 4.69) is 32.9 Å². The molecule has 1 atom stereocenters. The SMILES string of the molecule is CCCC[C@@]1(C(Cl)Cl)C=CCC(C)(C)C1. The second kappa shape index (κ2) is 5.10. The number of allylic oxidation sites excluding steroid dienone is 2. The summed E-state index contributed by atoms with van der Waals surface area (Å²) >= 11 is 12.4. The summed E-state index contributed by atoms with van der Waals surface area (Å²) in [7, 11) is 0. The molecule has 15 heavy (non-hydrogen) atoms. The summed E-state index contributed by atoms with van der Waals surface area (Å²) in [5.41, 5.74) is 0.353. The van der Waals surface area contributed by atoms with Crippen LogP contribution in [0.15, 0.2) is 12.2 Å². The van der Waals surface area contributed by atoms with Crippen LogP contribution in [0.25, 0.3) is 0 Å². The number of unbranched alkanes of at least 4 members (excludes halogenated alkanes) is 1. The van der Waals surface area contributed by atoms with Crippen LogP contribution in [-0.4, -0.2) is 4.84 Å². The molecule has 0 saturated carbocycles. The van der Waals surface area contributed by atoms with Crippen molar-refractivity contribution in [2.24, 2.45) is 10.8 Å². The van der Waals surface area contributed by atoms with Gasteiger partial charge in [-0.2, -0.15) is 0 Å². The Balaban J connectivity index is 2.81. The molecule has 0 N–H and O–H groups in total. The molecular weight excluding hydrogens is 227 g/mol. The van der Waals surface area contributed by atoms with E-state index in [1.54, 1.807) is 0 Å². The smallest absolute Gasteiger partial charge is 0.104 e. The zero-order valence-electron chi connectivity index (χ0n) is 10.0. The molecule has 0 radical (unpaired) electrons. The molecule has 0 aliphatic heterocycles. The molecule has 0 aromatic rings. The summed E-state index contributed by atoms with van der Waals surface area (Å²) in [4.78, 5) is -0.278. The lowest BCUT2D eigenvalue weighted by Gasteiger charge is -2.42. The molecule has 88 valence electrons. The van der Waals surface area contributed by atoms with Crippen LogP contribution in [-0.2, 0) is 0 Å². The summed E-state index contributed by atoms with van der Waals surface area (Å²) in [5.74, 6) is 0. The second-order valence-corrected chi connectivity index (χ2v) is 6.68. The van der Waals surface area contributed by atoms with Gasteiger partial charge in [-0.15, -0.1) is 23.2 Å². The molecule has 0 amide bonds. The average molecular weight is 249 g/mol. The molecule has 1 rings (SSSR count). The normalized spacial score (nSPS) is 29.7. The van der Waals surface area contributed by atoms with Crippen molar-refractivity contribution in [1.29, 1.82) is 0 Å². The highest BCUT2D eigenvalue weighted by Gasteiger charge is 2.40. The van der Waals surface area contributed by atoms with E-state index >= 15 is 0 Å². The van der Waals surface area contributed by atoms with Crippen LogP contribution in [0.3, 0.4) is 0 Å². The van der Waals surface area contributed by atoms with Gasteiger partial charge >= 0.3 is 0 Å². The highest BCUT2D eigenvalue weighted by atomic mass is 35.5. The molecule has 0 nitrogen and oxygen atoms in total. The maximum Gasteiger partial charge on any atom is 0.116 e. The van der Waals surface area contributed by atoms with Gasteiger partial charge in [-0.3, -0.25) is 0 Å². The van der Waals surface area contributed by atoms with Crippen molar-refractivity contribution in [1.82, 2.24) is 0 Å². The van der Waals surface area contributed by atoms with Gasteiger partial charge in [0.15, 0.2) is 0 Å². The molecule has 0 heterocycles. The minimum absolute atomic E-state index is 0.0148. The lowest BCUT2D eigenvalue weighted by Crippen LogP contribution is -2.34. The van der Waals surface area contributed by atoms with Gasteiger partial charge in [-0.05, 0) is 24.7 Å². The zero-order valence-corrected chi connectivity index (χ0v) is 11.5. The molecule has 1 aliphatic carbocycles. The summed E-state index contributed by atoms with van der Waals surface area (Å²) < 4.78 is 0. The van der Waals surface area contributed by atoms with Crippen molar-refractivity contribution in [3.63, 3.8) is 0 Å². The highest BCUT2D eigenvalue weighted by molar-refractivity contribution is 6.44. The first-order valence-electron chi connectivity index (χ1n) is 5.88. The van der Waals surface area contributed by atoms with Gasteiger partial charge < -0.3 is 0 Å². The minimum Gasteiger partial charge on any atom is -0.104 e. The number of hydrogen-bond donors (Lipinski definition) is 0. The fourth-order valence-electron chi connectivity index (χ4n) is 2.57. The first kappa shape index (κ1) is 13.4. The Morgan fingerprint density at radius 3 is 2.47 bits per heavy atom. The molecular formula is C13H22Cl2. The van der Waals surface area contributed by atoms with Crippen molar-refractivity contribution < 1.29 is 0 Å². The Bertz CT molecular complexity index is 231. The topological polar surface area (TPSA) is 0 Å². The molecule has 0 fully saturated rings. The predicted molar refractivity (Wildman–Crippen MR) is 69.6 cm³/mol. The molecule has 0 bridgehead atoms. The second-order valence-electron chi connectivity index (χ2n) is 5.58. The number of hydrogen-bond acceptors (Lipinski definition) is 0. The minimum atomic E-state index is -0.278. The summed E-state index contributed by atoms with van der Waals surface area (Å²) in [5, 5.41) is 0. The van der Waals surface area contributed by atoms with E-state index in [0.29, 0.717) is 5.41 Å². The average Bonchev–Trinajstić information content (AvgIpc) is 2.13. The van der Waals surface area contributed by atoms with Crippen LogP contribution in [0.1, 0.15) is 52.9 Å². The Hall–Kier alpha value is 0.320. The van der Waals surface area contributed by atoms with Gasteiger partial charge in [0.2, 0.25) is 0 Å². The maximum atomic E-state index is 6.19. The quantitative estimate of drug-likeness (QED) is 0.465. The van der Waals surface area contributed by atoms with E-state index in [-0.39, 0.29) is 10.3 Å². The van der Waals surface area contributed by atoms with Gasteiger partial charge in [0.05, 0.1) is 0 Å². The van der Waals surface area contributed by atoms with Crippen LogP contribution < -0.4 is 0 Å². The van der Waals surface area contributed by atoms with Crippen LogP contribution in [0.5, 0.6) is 0 Å². The van der Waals surface area contributed by atoms with E-state index in [1.165, 1.54) is 12.8 Å². The van der Waals surface area contributed by atoms with Gasteiger partial charge in [-0.25, -0.2) is 0 Å². The van der Waals surface area contributed by atoms with Crippen LogP contribution in [0.2, 0.25) is 0 Å². The molecule has 0 aromatic carbocycles. The number of halogens is 2. The van der Waals surface area contributed by atoms with E-state index in [4.69, 9.17) is 23.2 Å². The van der Waals surface area contributed by atoms with Crippen molar-refractivity contribution in [2.45, 2.75) is 57.7 Å². The lowest BCUT2D eigenvalue weighted by molar-refractivity contribution is 0.187. The van der Waals surface area contributed by atoms with Gasteiger partial charge in [-0.1, -0.05) is 45.8 Å². The molecule has 0 aromatic heterocycles. The Labute approximate surface area is 104 Å². The molecule has 0 spiro atoms. The third-order valence-electron chi connectivity index (χ3n) is 3.36. The molecule has 1 aliphatic rings. The van der Waals surface area contributed by atoms with Gasteiger partial charge in [0.25, 0.3) is 0 Å². The van der Waals surface area contributed by atoms with E-state index < -0.39 is 0 Å². The number of rotatable bonds is 4. The maximum absolute atomic E-state index is 6.19. The first-order valence-corrected chi connectivity index (χ1v) is 6.75. The van der Waals surface area contributed by atoms with Crippen molar-refractivity contribution in [3.05, 3.63) is 12.2 Å². The standard InChI is InChI=1S/C13H22Cl2/c1-4-5-8-13(11(14)15)9-6-7-12(2,3)10-13/h6,9,11H,4-5,7-8,10H2,1-3H3/t13-/m1/s1. The van der Waals surface area contributed by atoms with E-state index in [0.717, 1.165) is 19.3 Å². The summed E-state index contributed by atoms with van der Waals surface area (Å²) in [6.07, 6.45) is 10.3. The Morgan fingerprint density at radius 2 is 2.00 bits per heavy atom. The van der Waals surface area contributed by atoms with Crippen molar-refractivity contribution in [2.75, 3.05) is 0 Å². The summed E-state index contributed by atoms with van der Waals surface area (Å²) in [6.45, 7) is 6.81. The third kappa shape index (κ3) is 3.39. The fourth-order valence-corrected chi connectivity index (χ4v) is 3.09. The Morgan fingerprint density at radius 1 is 1.33 bits per heavy atom.